The van der Waals surface area contributed by atoms with Gasteiger partial charge in [0.25, 0.3) is 5.91 Å². The van der Waals surface area contributed by atoms with Crippen molar-refractivity contribution in [2.75, 3.05) is 18.8 Å². The quantitative estimate of drug-likeness (QED) is 0.780. The van der Waals surface area contributed by atoms with Gasteiger partial charge in [0.1, 0.15) is 5.15 Å². The fourth-order valence-corrected chi connectivity index (χ4v) is 2.32. The van der Waals surface area contributed by atoms with E-state index in [4.69, 9.17) is 17.3 Å². The summed E-state index contributed by atoms with van der Waals surface area (Å²) in [6.45, 7) is 2.52. The molecule has 0 bridgehead atoms. The van der Waals surface area contributed by atoms with E-state index in [9.17, 15) is 9.59 Å². The lowest BCUT2D eigenvalue weighted by atomic mass is 10.2. The summed E-state index contributed by atoms with van der Waals surface area (Å²) in [4.78, 5) is 28.8. The Kier molecular flexibility index (Phi) is 3.90. The first-order valence-electron chi connectivity index (χ1n) is 5.94. The zero-order chi connectivity index (χ0) is 14.0. The molecule has 2 heterocycles. The van der Waals surface area contributed by atoms with Crippen molar-refractivity contribution in [3.8, 4) is 0 Å². The van der Waals surface area contributed by atoms with Gasteiger partial charge in [-0.05, 0) is 12.5 Å². The molecule has 1 saturated heterocycles. The van der Waals surface area contributed by atoms with Gasteiger partial charge in [-0.3, -0.25) is 9.59 Å². The van der Waals surface area contributed by atoms with E-state index in [1.165, 1.54) is 19.2 Å². The van der Waals surface area contributed by atoms with Crippen LogP contribution in [0.5, 0.6) is 0 Å². The number of amides is 2. The van der Waals surface area contributed by atoms with Crippen LogP contribution in [0.1, 0.15) is 23.7 Å². The van der Waals surface area contributed by atoms with Gasteiger partial charge in [-0.2, -0.15) is 0 Å². The second kappa shape index (κ2) is 5.44. The summed E-state index contributed by atoms with van der Waals surface area (Å²) in [6, 6.07) is 1.51. The third kappa shape index (κ3) is 3.14. The van der Waals surface area contributed by atoms with Crippen molar-refractivity contribution in [1.82, 2.24) is 15.2 Å². The number of nitrogens with one attached hydrogen (secondary N) is 1. The van der Waals surface area contributed by atoms with Crippen LogP contribution in [0.25, 0.3) is 0 Å². The molecule has 0 aliphatic carbocycles. The second-order valence-corrected chi connectivity index (χ2v) is 4.90. The number of nitrogen functional groups attached to an aromatic ring is 1. The highest BCUT2D eigenvalue weighted by molar-refractivity contribution is 6.32. The minimum Gasteiger partial charge on any atom is -0.397 e. The number of hydrogen-bond donors (Lipinski definition) is 2. The van der Waals surface area contributed by atoms with Gasteiger partial charge in [0, 0.05) is 26.1 Å². The van der Waals surface area contributed by atoms with E-state index >= 15 is 0 Å². The van der Waals surface area contributed by atoms with Crippen LogP contribution in [0.3, 0.4) is 0 Å². The van der Waals surface area contributed by atoms with Crippen molar-refractivity contribution >= 4 is 29.1 Å². The van der Waals surface area contributed by atoms with Crippen LogP contribution in [0, 0.1) is 0 Å². The van der Waals surface area contributed by atoms with Crippen molar-refractivity contribution in [2.45, 2.75) is 19.4 Å². The van der Waals surface area contributed by atoms with E-state index < -0.39 is 0 Å². The van der Waals surface area contributed by atoms with Gasteiger partial charge < -0.3 is 16.0 Å². The van der Waals surface area contributed by atoms with Crippen LogP contribution in [0.2, 0.25) is 5.15 Å². The summed E-state index contributed by atoms with van der Waals surface area (Å²) in [6.07, 6.45) is 2.14. The monoisotopic (exact) mass is 282 g/mol. The molecule has 0 aromatic carbocycles. The highest BCUT2D eigenvalue weighted by Gasteiger charge is 2.28. The Labute approximate surface area is 115 Å². The van der Waals surface area contributed by atoms with Crippen LogP contribution in [-0.2, 0) is 4.79 Å². The first-order chi connectivity index (χ1) is 8.97. The van der Waals surface area contributed by atoms with E-state index in [0.717, 1.165) is 6.42 Å². The Morgan fingerprint density at radius 1 is 1.58 bits per heavy atom. The molecular weight excluding hydrogens is 268 g/mol. The lowest BCUT2D eigenvalue weighted by Gasteiger charge is -2.17. The molecule has 0 saturated carbocycles. The van der Waals surface area contributed by atoms with Gasteiger partial charge in [-0.15, -0.1) is 0 Å². The van der Waals surface area contributed by atoms with E-state index in [1.54, 1.807) is 4.90 Å². The zero-order valence-electron chi connectivity index (χ0n) is 10.5. The number of hydrogen-bond acceptors (Lipinski definition) is 4. The number of nitrogens with zero attached hydrogens (tertiary/aromatic N) is 2. The van der Waals surface area contributed by atoms with Gasteiger partial charge in [0.2, 0.25) is 5.91 Å². The van der Waals surface area contributed by atoms with Crippen LogP contribution < -0.4 is 11.1 Å². The Hall–Kier alpha value is -1.82. The average molecular weight is 283 g/mol. The number of carbonyl (C=O) groups is 2. The summed E-state index contributed by atoms with van der Waals surface area (Å²) < 4.78 is 0. The third-order valence-corrected chi connectivity index (χ3v) is 3.27. The van der Waals surface area contributed by atoms with E-state index in [2.05, 4.69) is 10.3 Å². The highest BCUT2D eigenvalue weighted by Crippen LogP contribution is 2.20. The Bertz CT molecular complexity index is 520. The van der Waals surface area contributed by atoms with Crippen molar-refractivity contribution in [3.05, 3.63) is 23.0 Å². The summed E-state index contributed by atoms with van der Waals surface area (Å²) in [7, 11) is 0. The molecule has 1 atom stereocenters. The molecule has 6 nitrogen and oxygen atoms in total. The predicted molar refractivity (Wildman–Crippen MR) is 71.8 cm³/mol. The van der Waals surface area contributed by atoms with E-state index in [1.807, 2.05) is 0 Å². The van der Waals surface area contributed by atoms with Gasteiger partial charge in [0.05, 0.1) is 17.4 Å². The maximum Gasteiger partial charge on any atom is 0.257 e. The Balaban J connectivity index is 2.09. The number of nitrogens with two attached hydrogens (primary N) is 1. The van der Waals surface area contributed by atoms with E-state index in [0.29, 0.717) is 24.3 Å². The topological polar surface area (TPSA) is 88.3 Å². The number of rotatable bonds is 2. The van der Waals surface area contributed by atoms with Crippen LogP contribution in [0.15, 0.2) is 12.3 Å². The number of pyridine rings is 1. The minimum absolute atomic E-state index is 0.00533. The van der Waals surface area contributed by atoms with Gasteiger partial charge in [-0.25, -0.2) is 4.98 Å². The molecule has 1 fully saturated rings. The number of likely N-dealkylation sites (tertiary alicyclic amines) is 1. The Morgan fingerprint density at radius 3 is 3.00 bits per heavy atom. The van der Waals surface area contributed by atoms with E-state index in [-0.39, 0.29) is 23.0 Å². The van der Waals surface area contributed by atoms with Crippen molar-refractivity contribution < 1.29 is 9.59 Å². The lowest BCUT2D eigenvalue weighted by Crippen LogP contribution is -2.37. The molecule has 102 valence electrons. The van der Waals surface area contributed by atoms with Crippen molar-refractivity contribution in [2.24, 2.45) is 0 Å². The number of halogens is 1. The Morgan fingerprint density at radius 2 is 2.32 bits per heavy atom. The molecule has 1 aromatic heterocycles. The molecule has 7 heteroatoms. The third-order valence-electron chi connectivity index (χ3n) is 2.97. The van der Waals surface area contributed by atoms with Crippen molar-refractivity contribution in [1.29, 1.82) is 0 Å². The molecule has 1 unspecified atom stereocenters. The maximum atomic E-state index is 12.3. The number of carbonyl (C=O) groups excluding carboxylic acids is 2. The first-order valence-corrected chi connectivity index (χ1v) is 6.32. The van der Waals surface area contributed by atoms with Gasteiger partial charge in [0.15, 0.2) is 0 Å². The normalized spacial score (nSPS) is 18.4. The number of anilines is 1. The molecule has 1 aliphatic rings. The summed E-state index contributed by atoms with van der Waals surface area (Å²) in [5.74, 6) is -0.305. The predicted octanol–water partition coefficient (Wildman–Crippen LogP) is 0.668. The fourth-order valence-electron chi connectivity index (χ4n) is 2.13. The molecule has 0 radical (unpaired) electrons. The highest BCUT2D eigenvalue weighted by atomic mass is 35.5. The average Bonchev–Trinajstić information content (AvgIpc) is 2.79. The van der Waals surface area contributed by atoms with Gasteiger partial charge in [-0.1, -0.05) is 11.6 Å². The molecular formula is C12H15ClN4O2. The van der Waals surface area contributed by atoms with Crippen LogP contribution in [-0.4, -0.2) is 40.8 Å². The molecule has 1 aromatic rings. The first kappa shape index (κ1) is 13.6. The maximum absolute atomic E-state index is 12.3. The molecule has 2 amide bonds. The largest absolute Gasteiger partial charge is 0.397 e. The minimum atomic E-state index is -0.211. The summed E-state index contributed by atoms with van der Waals surface area (Å²) in [5, 5.41) is 2.94. The number of aromatic nitrogens is 1. The SMILES string of the molecule is CC(=O)NC1CCN(C(=O)c2cc(N)cnc2Cl)C1. The molecule has 1 aliphatic heterocycles. The molecule has 2 rings (SSSR count). The second-order valence-electron chi connectivity index (χ2n) is 4.54. The molecule has 3 N–H and O–H groups in total. The van der Waals surface area contributed by atoms with Gasteiger partial charge >= 0.3 is 0 Å². The zero-order valence-corrected chi connectivity index (χ0v) is 11.3. The summed E-state index contributed by atoms with van der Waals surface area (Å²) >= 11 is 5.91. The standard InChI is InChI=1S/C12H15ClN4O2/c1-7(18)16-9-2-3-17(6-9)12(19)10-4-8(14)5-15-11(10)13/h4-5,9H,2-3,6,14H2,1H3,(H,16,18). The van der Waals surface area contributed by atoms with Crippen molar-refractivity contribution in [3.63, 3.8) is 0 Å². The van der Waals surface area contributed by atoms with Crippen LogP contribution in [0.4, 0.5) is 5.69 Å². The lowest BCUT2D eigenvalue weighted by molar-refractivity contribution is -0.119. The molecule has 19 heavy (non-hydrogen) atoms. The smallest absolute Gasteiger partial charge is 0.257 e. The summed E-state index contributed by atoms with van der Waals surface area (Å²) in [5.41, 5.74) is 6.30. The fraction of sp³-hybridized carbons (Fsp3) is 0.417. The van der Waals surface area contributed by atoms with Crippen LogP contribution >= 0.6 is 11.6 Å². The molecule has 0 spiro atoms.